The number of aromatic amines is 1. The number of benzene rings is 3. The first-order chi connectivity index (χ1) is 34.4. The van der Waals surface area contributed by atoms with Gasteiger partial charge in [0.15, 0.2) is 11.6 Å². The predicted molar refractivity (Wildman–Crippen MR) is 267 cm³/mol. The van der Waals surface area contributed by atoms with E-state index in [-0.39, 0.29) is 85.1 Å². The van der Waals surface area contributed by atoms with Gasteiger partial charge in [-0.15, -0.1) is 10.2 Å². The van der Waals surface area contributed by atoms with E-state index in [2.05, 4.69) is 41.2 Å². The second-order valence-electron chi connectivity index (χ2n) is 18.4. The summed E-state index contributed by atoms with van der Waals surface area (Å²) in [6, 6.07) is 13.4. The highest BCUT2D eigenvalue weighted by Crippen LogP contribution is 2.31. The maximum atomic E-state index is 13.6. The zero-order chi connectivity index (χ0) is 52.1. The van der Waals surface area contributed by atoms with Gasteiger partial charge >= 0.3 is 5.97 Å². The lowest BCUT2D eigenvalue weighted by Crippen LogP contribution is -2.44. The van der Waals surface area contributed by atoms with E-state index in [1.54, 1.807) is 56.3 Å². The number of imide groups is 1. The number of tetrazole rings is 1. The van der Waals surface area contributed by atoms with Gasteiger partial charge in [-0.25, -0.2) is 14.8 Å². The van der Waals surface area contributed by atoms with E-state index < -0.39 is 35.8 Å². The van der Waals surface area contributed by atoms with Crippen molar-refractivity contribution in [3.05, 3.63) is 105 Å². The summed E-state index contributed by atoms with van der Waals surface area (Å²) in [5, 5.41) is 30.5. The van der Waals surface area contributed by atoms with Gasteiger partial charge < -0.3 is 21.5 Å². The summed E-state index contributed by atoms with van der Waals surface area (Å²) in [5.74, 6) is -3.38. The minimum absolute atomic E-state index is 0.00790. The van der Waals surface area contributed by atoms with Gasteiger partial charge in [0.05, 0.1) is 22.0 Å². The smallest absolute Gasteiger partial charge is 0.326 e. The number of Topliss-reactive ketones (excluding diaryl/α,β-unsaturated/α-hetero) is 3. The van der Waals surface area contributed by atoms with Gasteiger partial charge in [0, 0.05) is 67.0 Å². The van der Waals surface area contributed by atoms with Gasteiger partial charge in [-0.3, -0.25) is 38.5 Å². The van der Waals surface area contributed by atoms with Crippen molar-refractivity contribution in [1.82, 2.24) is 46.1 Å². The number of fused-ring (bicyclic) bond motifs is 1. The Morgan fingerprint density at radius 1 is 0.833 bits per heavy atom. The van der Waals surface area contributed by atoms with E-state index in [0.29, 0.717) is 89.2 Å². The Labute approximate surface area is 421 Å². The number of amides is 4. The Hall–Kier alpha value is -7.54. The van der Waals surface area contributed by atoms with Crippen LogP contribution >= 0.6 is 11.6 Å². The Balaban J connectivity index is 0.958. The van der Waals surface area contributed by atoms with Crippen LogP contribution in [-0.4, -0.2) is 106 Å². The summed E-state index contributed by atoms with van der Waals surface area (Å²) in [5.41, 5.74) is 10.0. The van der Waals surface area contributed by atoms with Crippen molar-refractivity contribution in [2.45, 2.75) is 117 Å². The molecule has 0 saturated heterocycles. The summed E-state index contributed by atoms with van der Waals surface area (Å²) in [4.78, 5) is 112. The number of aryl methyl sites for hydroxylation is 3. The number of nitrogen functional groups attached to an aromatic ring is 1. The molecule has 6 N–H and O–H groups in total. The number of aliphatic carboxylic acids is 1. The second-order valence-corrected chi connectivity index (χ2v) is 18.8. The summed E-state index contributed by atoms with van der Waals surface area (Å²) in [6.45, 7) is 7.28. The van der Waals surface area contributed by atoms with Crippen LogP contribution in [0.15, 0.2) is 66.7 Å². The standard InChI is InChI=1S/C52H59ClN10O9/c1-29(2)38(28-36(64)10-6-5-9-25-63-44(67)23-24-45(63)68)51(70)55-30(3)43(66)27-33-16-21-37(39(26-33)49-59-61-62-60-49)42(65)12-8-7-11-41(52(71)72)58-50(69)35-18-14-32(15-19-35)13-17-34-20-22-40-46(47(34)53)48(54)57-31(4)56-40/h14-16,18-24,26,29-30,38,41H,5-13,17,25,27-28H2,1-4H3,(H,55,70)(H,58,69)(H,71,72)(H2,54,56,57)(H,59,60,61,62)/t30-,38-,41-/m0/s1. The van der Waals surface area contributed by atoms with Crippen LogP contribution in [0.1, 0.15) is 122 Å². The lowest BCUT2D eigenvalue weighted by Gasteiger charge is -2.22. The van der Waals surface area contributed by atoms with Crippen LogP contribution in [0.4, 0.5) is 5.82 Å². The number of halogens is 1. The largest absolute Gasteiger partial charge is 0.480 e. The van der Waals surface area contributed by atoms with Crippen molar-refractivity contribution in [3.8, 4) is 11.4 Å². The molecule has 3 atom stereocenters. The second kappa shape index (κ2) is 25.0. The number of nitrogens with one attached hydrogen (secondary N) is 3. The minimum atomic E-state index is -1.21. The van der Waals surface area contributed by atoms with Crippen LogP contribution in [0, 0.1) is 18.8 Å². The summed E-state index contributed by atoms with van der Waals surface area (Å²) >= 11 is 6.68. The van der Waals surface area contributed by atoms with E-state index in [9.17, 15) is 43.5 Å². The molecule has 0 saturated carbocycles. The van der Waals surface area contributed by atoms with Crippen LogP contribution in [0.5, 0.6) is 0 Å². The number of carbonyl (C=O) groups is 8. The van der Waals surface area contributed by atoms with Crippen molar-refractivity contribution in [3.63, 3.8) is 0 Å². The molecule has 72 heavy (non-hydrogen) atoms. The fourth-order valence-corrected chi connectivity index (χ4v) is 8.85. The van der Waals surface area contributed by atoms with Crippen LogP contribution in [-0.2, 0) is 48.0 Å². The number of nitrogens with two attached hydrogens (primary N) is 1. The molecule has 20 heteroatoms. The first-order valence-corrected chi connectivity index (χ1v) is 24.4. The molecule has 0 bridgehead atoms. The van der Waals surface area contributed by atoms with E-state index in [1.807, 2.05) is 26.0 Å². The van der Waals surface area contributed by atoms with Gasteiger partial charge in [-0.2, -0.15) is 5.21 Å². The van der Waals surface area contributed by atoms with Gasteiger partial charge in [0.25, 0.3) is 17.7 Å². The molecule has 3 aromatic carbocycles. The number of hydrogen-bond acceptors (Lipinski definition) is 14. The molecule has 0 unspecified atom stereocenters. The van der Waals surface area contributed by atoms with Crippen LogP contribution in [0.2, 0.25) is 5.02 Å². The number of nitrogens with zero attached hydrogens (tertiary/aromatic N) is 6. The highest BCUT2D eigenvalue weighted by molar-refractivity contribution is 6.37. The van der Waals surface area contributed by atoms with Crippen LogP contribution < -0.4 is 16.4 Å². The molecule has 1 aliphatic heterocycles. The van der Waals surface area contributed by atoms with Gasteiger partial charge in [-0.1, -0.05) is 68.6 Å². The zero-order valence-electron chi connectivity index (χ0n) is 40.7. The lowest BCUT2D eigenvalue weighted by atomic mass is 9.88. The van der Waals surface area contributed by atoms with Gasteiger partial charge in [0.2, 0.25) is 11.7 Å². The van der Waals surface area contributed by atoms with Gasteiger partial charge in [-0.05, 0) is 104 Å². The average Bonchev–Trinajstić information content (AvgIpc) is 4.00. The number of hydrogen-bond donors (Lipinski definition) is 5. The minimum Gasteiger partial charge on any atom is -0.480 e. The van der Waals surface area contributed by atoms with E-state index >= 15 is 0 Å². The average molecular weight is 1000 g/mol. The van der Waals surface area contributed by atoms with Crippen LogP contribution in [0.25, 0.3) is 22.3 Å². The van der Waals surface area contributed by atoms with Crippen molar-refractivity contribution in [2.75, 3.05) is 12.3 Å². The number of aromatic nitrogens is 6. The number of carboxylic acid groups (broad SMARTS) is 1. The Bertz CT molecular complexity index is 2850. The molecule has 3 heterocycles. The molecule has 0 radical (unpaired) electrons. The summed E-state index contributed by atoms with van der Waals surface area (Å²) in [6.07, 6.45) is 6.31. The molecule has 6 rings (SSSR count). The quantitative estimate of drug-likeness (QED) is 0.0226. The van der Waals surface area contributed by atoms with E-state index in [0.717, 1.165) is 16.0 Å². The first-order valence-electron chi connectivity index (χ1n) is 24.0. The Morgan fingerprint density at radius 3 is 2.22 bits per heavy atom. The number of ketones is 3. The zero-order valence-corrected chi connectivity index (χ0v) is 41.5. The highest BCUT2D eigenvalue weighted by Gasteiger charge is 2.29. The molecule has 378 valence electrons. The SMILES string of the molecule is Cc1nc(N)c2c(Cl)c(CCc3ccc(C(=O)N[C@@H](CCCCC(=O)c4ccc(CC(=O)[C@H](C)NC(=O)[C@@H](CC(=O)CCCCCN5C(=O)C=CC5=O)C(C)C)cc4-c4nn[nH]n4)C(=O)O)cc3)ccc2n1. The molecule has 0 spiro atoms. The molecule has 4 amide bonds. The number of anilines is 1. The number of H-pyrrole nitrogens is 1. The third-order valence-corrected chi connectivity index (χ3v) is 13.1. The fourth-order valence-electron chi connectivity index (χ4n) is 8.50. The first kappa shape index (κ1) is 53.8. The maximum Gasteiger partial charge on any atom is 0.326 e. The number of unbranched alkanes of at least 4 members (excludes halogenated alkanes) is 3. The summed E-state index contributed by atoms with van der Waals surface area (Å²) < 4.78 is 0. The predicted octanol–water partition coefficient (Wildman–Crippen LogP) is 6.10. The third kappa shape index (κ3) is 14.3. The number of rotatable bonds is 27. The molecule has 1 aliphatic rings. The normalized spacial score (nSPS) is 13.6. The molecular formula is C52H59ClN10O9. The lowest BCUT2D eigenvalue weighted by molar-refractivity contribution is -0.139. The Morgan fingerprint density at radius 2 is 1.54 bits per heavy atom. The Kier molecular flexibility index (Phi) is 18.7. The third-order valence-electron chi connectivity index (χ3n) is 12.7. The molecule has 0 fully saturated rings. The van der Waals surface area contributed by atoms with Crippen molar-refractivity contribution >= 4 is 75.3 Å². The molecule has 5 aromatic rings. The van der Waals surface area contributed by atoms with Gasteiger partial charge in [0.1, 0.15) is 23.5 Å². The van der Waals surface area contributed by atoms with E-state index in [4.69, 9.17) is 17.3 Å². The fraction of sp³-hybridized carbons (Fsp3) is 0.404. The molecule has 19 nitrogen and oxygen atoms in total. The monoisotopic (exact) mass is 1000 g/mol. The number of carboxylic acids is 1. The summed E-state index contributed by atoms with van der Waals surface area (Å²) in [7, 11) is 0. The highest BCUT2D eigenvalue weighted by atomic mass is 35.5. The van der Waals surface area contributed by atoms with Crippen LogP contribution in [0.3, 0.4) is 0 Å². The molecule has 0 aliphatic carbocycles. The topological polar surface area (TPSA) is 290 Å². The molecular weight excluding hydrogens is 944 g/mol. The molecule has 2 aromatic heterocycles. The van der Waals surface area contributed by atoms with Crippen molar-refractivity contribution in [2.24, 2.45) is 11.8 Å². The maximum absolute atomic E-state index is 13.6. The van der Waals surface area contributed by atoms with E-state index in [1.165, 1.54) is 12.2 Å². The van der Waals surface area contributed by atoms with Crippen molar-refractivity contribution < 1.29 is 43.5 Å². The number of carbonyl (C=O) groups excluding carboxylic acids is 7. The van der Waals surface area contributed by atoms with Crippen molar-refractivity contribution in [1.29, 1.82) is 0 Å².